The summed E-state index contributed by atoms with van der Waals surface area (Å²) in [5, 5.41) is 17.4. The van der Waals surface area contributed by atoms with Crippen LogP contribution in [-0.4, -0.2) is 68.1 Å². The number of carbonyl (C=O) groups excluding carboxylic acids is 1. The fourth-order valence-electron chi connectivity index (χ4n) is 4.35. The van der Waals surface area contributed by atoms with Gasteiger partial charge in [0.1, 0.15) is 11.6 Å². The summed E-state index contributed by atoms with van der Waals surface area (Å²) in [7, 11) is 2.73. The number of Topliss-reactive ketones (excluding diaryl/α,β-unsaturated/α-hetero) is 1. The van der Waals surface area contributed by atoms with E-state index in [2.05, 4.69) is 4.90 Å². The fraction of sp³-hybridized carbons (Fsp3) is 0.375. The van der Waals surface area contributed by atoms with E-state index in [1.807, 2.05) is 0 Å². The van der Waals surface area contributed by atoms with Gasteiger partial charge in [-0.05, 0) is 36.6 Å². The lowest BCUT2D eigenvalue weighted by molar-refractivity contribution is -0.139. The van der Waals surface area contributed by atoms with Crippen LogP contribution in [0.4, 0.5) is 10.1 Å². The van der Waals surface area contributed by atoms with Crippen molar-refractivity contribution >= 4 is 23.3 Å². The third-order valence-corrected chi connectivity index (χ3v) is 5.99. The van der Waals surface area contributed by atoms with Crippen LogP contribution in [0.2, 0.25) is 0 Å². The average Bonchev–Trinajstić information content (AvgIpc) is 3.46. The molecular formula is C24H26FN3O6. The maximum Gasteiger partial charge on any atom is 0.341 e. The highest BCUT2D eigenvalue weighted by atomic mass is 19.1. The second kappa shape index (κ2) is 9.58. The molecule has 0 saturated carbocycles. The minimum atomic E-state index is -1.12. The highest BCUT2D eigenvalue weighted by Gasteiger charge is 2.33. The summed E-state index contributed by atoms with van der Waals surface area (Å²) >= 11 is 0. The van der Waals surface area contributed by atoms with E-state index < -0.39 is 18.4 Å². The number of amidine groups is 1. The van der Waals surface area contributed by atoms with Gasteiger partial charge in [0, 0.05) is 37.0 Å². The van der Waals surface area contributed by atoms with Crippen LogP contribution in [0.1, 0.15) is 34.3 Å². The fourth-order valence-corrected chi connectivity index (χ4v) is 4.35. The molecule has 10 heteroatoms. The zero-order chi connectivity index (χ0) is 24.4. The number of halogens is 1. The Morgan fingerprint density at radius 1 is 1.12 bits per heavy atom. The summed E-state index contributed by atoms with van der Waals surface area (Å²) < 4.78 is 30.7. The van der Waals surface area contributed by atoms with Gasteiger partial charge in [0.15, 0.2) is 29.7 Å². The van der Waals surface area contributed by atoms with Gasteiger partial charge < -0.3 is 29.1 Å². The molecule has 0 bridgehead atoms. The average molecular weight is 471 g/mol. The third kappa shape index (κ3) is 4.48. The summed E-state index contributed by atoms with van der Waals surface area (Å²) in [6, 6.07) is 6.60. The summed E-state index contributed by atoms with van der Waals surface area (Å²) in [4.78, 5) is 27.8. The lowest BCUT2D eigenvalue weighted by Crippen LogP contribution is -2.30. The first kappa shape index (κ1) is 23.3. The molecule has 0 spiro atoms. The monoisotopic (exact) mass is 471 g/mol. The number of nitrogens with one attached hydrogen (secondary N) is 1. The van der Waals surface area contributed by atoms with Crippen LogP contribution < -0.4 is 19.1 Å². The Morgan fingerprint density at radius 2 is 1.85 bits per heavy atom. The van der Waals surface area contributed by atoms with Crippen molar-refractivity contribution in [3.8, 4) is 17.2 Å². The first-order valence-corrected chi connectivity index (χ1v) is 10.9. The van der Waals surface area contributed by atoms with Crippen molar-refractivity contribution in [3.63, 3.8) is 0 Å². The van der Waals surface area contributed by atoms with E-state index >= 15 is 4.39 Å². The number of hydrogen-bond donors (Lipinski definition) is 2. The van der Waals surface area contributed by atoms with Gasteiger partial charge in [0.2, 0.25) is 0 Å². The van der Waals surface area contributed by atoms with Crippen LogP contribution in [-0.2, 0) is 11.3 Å². The number of benzene rings is 2. The number of nitrogens with zero attached hydrogens (tertiary/aromatic N) is 2. The van der Waals surface area contributed by atoms with Crippen LogP contribution >= 0.6 is 0 Å². The topological polar surface area (TPSA) is 112 Å². The summed E-state index contributed by atoms with van der Waals surface area (Å²) in [5.74, 6) is -1.79. The van der Waals surface area contributed by atoms with Crippen molar-refractivity contribution in [3.05, 3.63) is 46.8 Å². The predicted octanol–water partition coefficient (Wildman–Crippen LogP) is 2.93. The quantitative estimate of drug-likeness (QED) is 0.537. The van der Waals surface area contributed by atoms with E-state index in [1.54, 1.807) is 18.2 Å². The SMILES string of the molecule is COc1cc2c(c(F)c1OC)C(=N)N(CC(=O)c1cc(OCC(=O)O)cc(N3CCCC3)c1)C2. The highest BCUT2D eigenvalue weighted by molar-refractivity contribution is 6.06. The maximum atomic E-state index is 15.0. The first-order chi connectivity index (χ1) is 16.3. The molecule has 0 aromatic heterocycles. The molecule has 4 rings (SSSR count). The van der Waals surface area contributed by atoms with Crippen LogP contribution in [0.5, 0.6) is 17.2 Å². The Hall–Kier alpha value is -3.82. The Labute approximate surface area is 196 Å². The Balaban J connectivity index is 1.58. The van der Waals surface area contributed by atoms with Gasteiger partial charge in [0.25, 0.3) is 0 Å². The van der Waals surface area contributed by atoms with Crippen molar-refractivity contribution in [2.45, 2.75) is 19.4 Å². The van der Waals surface area contributed by atoms with Crippen molar-refractivity contribution in [2.75, 3.05) is 45.4 Å². The molecule has 0 atom stereocenters. The van der Waals surface area contributed by atoms with E-state index in [1.165, 1.54) is 25.2 Å². The zero-order valence-corrected chi connectivity index (χ0v) is 19.0. The van der Waals surface area contributed by atoms with E-state index in [0.717, 1.165) is 31.6 Å². The molecule has 0 aliphatic carbocycles. The minimum absolute atomic E-state index is 0.0850. The number of methoxy groups -OCH3 is 2. The van der Waals surface area contributed by atoms with Crippen molar-refractivity contribution in [2.24, 2.45) is 0 Å². The molecule has 34 heavy (non-hydrogen) atoms. The van der Waals surface area contributed by atoms with Gasteiger partial charge in [-0.1, -0.05) is 0 Å². The molecule has 0 radical (unpaired) electrons. The number of ketones is 1. The number of aliphatic carboxylic acids is 1. The largest absolute Gasteiger partial charge is 0.493 e. The van der Waals surface area contributed by atoms with Crippen molar-refractivity contribution < 1.29 is 33.3 Å². The molecule has 2 N–H and O–H groups in total. The lowest BCUT2D eigenvalue weighted by Gasteiger charge is -2.21. The number of fused-ring (bicyclic) bond motifs is 1. The Kier molecular flexibility index (Phi) is 6.58. The maximum absolute atomic E-state index is 15.0. The normalized spacial score (nSPS) is 14.9. The molecule has 2 heterocycles. The molecule has 0 amide bonds. The molecular weight excluding hydrogens is 445 g/mol. The molecule has 0 unspecified atom stereocenters. The molecule has 9 nitrogen and oxygen atoms in total. The second-order valence-corrected chi connectivity index (χ2v) is 8.18. The van der Waals surface area contributed by atoms with Gasteiger partial charge >= 0.3 is 5.97 Å². The summed E-state index contributed by atoms with van der Waals surface area (Å²) in [6.07, 6.45) is 2.07. The number of hydrogen-bond acceptors (Lipinski definition) is 7. The number of carboxylic acid groups (broad SMARTS) is 1. The smallest absolute Gasteiger partial charge is 0.341 e. The first-order valence-electron chi connectivity index (χ1n) is 10.9. The summed E-state index contributed by atoms with van der Waals surface area (Å²) in [6.45, 7) is 1.17. The van der Waals surface area contributed by atoms with Crippen LogP contribution in [0.15, 0.2) is 24.3 Å². The minimum Gasteiger partial charge on any atom is -0.493 e. The number of anilines is 1. The number of carboxylic acids is 1. The molecule has 2 aliphatic rings. The van der Waals surface area contributed by atoms with Gasteiger partial charge in [-0.15, -0.1) is 0 Å². The molecule has 2 aromatic carbocycles. The Morgan fingerprint density at radius 3 is 2.50 bits per heavy atom. The number of rotatable bonds is 9. The number of ether oxygens (including phenoxy) is 3. The van der Waals surface area contributed by atoms with E-state index in [4.69, 9.17) is 24.7 Å². The molecule has 2 aliphatic heterocycles. The highest BCUT2D eigenvalue weighted by Crippen LogP contribution is 2.38. The van der Waals surface area contributed by atoms with Gasteiger partial charge in [-0.2, -0.15) is 0 Å². The van der Waals surface area contributed by atoms with Crippen LogP contribution in [0.3, 0.4) is 0 Å². The predicted molar refractivity (Wildman–Crippen MR) is 122 cm³/mol. The van der Waals surface area contributed by atoms with Gasteiger partial charge in [0.05, 0.1) is 26.3 Å². The molecule has 1 fully saturated rings. The lowest BCUT2D eigenvalue weighted by atomic mass is 10.1. The van der Waals surface area contributed by atoms with Crippen molar-refractivity contribution in [1.29, 1.82) is 5.41 Å². The number of carbonyl (C=O) groups is 2. The molecule has 1 saturated heterocycles. The molecule has 2 aromatic rings. The zero-order valence-electron chi connectivity index (χ0n) is 19.0. The van der Waals surface area contributed by atoms with Gasteiger partial charge in [-0.3, -0.25) is 10.2 Å². The van der Waals surface area contributed by atoms with Crippen molar-refractivity contribution in [1.82, 2.24) is 4.90 Å². The van der Waals surface area contributed by atoms with Gasteiger partial charge in [-0.25, -0.2) is 9.18 Å². The van der Waals surface area contributed by atoms with Crippen LogP contribution in [0, 0.1) is 11.2 Å². The van der Waals surface area contributed by atoms with E-state index in [-0.39, 0.29) is 47.5 Å². The molecule has 180 valence electrons. The summed E-state index contributed by atoms with van der Waals surface area (Å²) in [5.41, 5.74) is 1.74. The Bertz CT molecular complexity index is 1150. The third-order valence-electron chi connectivity index (χ3n) is 5.99. The van der Waals surface area contributed by atoms with E-state index in [9.17, 15) is 9.59 Å². The van der Waals surface area contributed by atoms with Crippen LogP contribution in [0.25, 0.3) is 0 Å². The van der Waals surface area contributed by atoms with E-state index in [0.29, 0.717) is 11.1 Å². The standard InChI is InChI=1S/C24H26FN3O6/c1-32-19-9-15-11-28(24(26)21(15)22(25)23(19)33-2)12-18(29)14-7-16(27-5-3-4-6-27)10-17(8-14)34-13-20(30)31/h7-10,26H,3-6,11-13H2,1-2H3,(H,30,31). The second-order valence-electron chi connectivity index (χ2n) is 8.18.